The number of halogens is 2. The van der Waals surface area contributed by atoms with E-state index in [0.29, 0.717) is 16.8 Å². The second-order valence-corrected chi connectivity index (χ2v) is 4.99. The zero-order chi connectivity index (χ0) is 13.3. The summed E-state index contributed by atoms with van der Waals surface area (Å²) < 4.78 is 2.67. The van der Waals surface area contributed by atoms with Crippen molar-refractivity contribution in [2.24, 2.45) is 0 Å². The summed E-state index contributed by atoms with van der Waals surface area (Å²) in [5, 5.41) is 7.93. The Morgan fingerprint density at radius 3 is 2.72 bits per heavy atom. The van der Waals surface area contributed by atoms with E-state index in [1.54, 1.807) is 10.9 Å². The fraction of sp³-hybridized carbons (Fsp3) is 0.364. The van der Waals surface area contributed by atoms with Crippen molar-refractivity contribution in [1.82, 2.24) is 19.7 Å². The van der Waals surface area contributed by atoms with Crippen LogP contribution in [0.15, 0.2) is 10.7 Å². The van der Waals surface area contributed by atoms with Crippen molar-refractivity contribution in [1.29, 1.82) is 0 Å². The summed E-state index contributed by atoms with van der Waals surface area (Å²) in [5.41, 5.74) is 1.85. The van der Waals surface area contributed by atoms with E-state index in [1.165, 1.54) is 0 Å². The molecule has 2 aromatic rings. The van der Waals surface area contributed by atoms with Crippen LogP contribution >= 0.6 is 27.5 Å². The molecule has 2 heterocycles. The molecule has 18 heavy (non-hydrogen) atoms. The third-order valence-corrected chi connectivity index (χ3v) is 3.88. The third kappa shape index (κ3) is 2.35. The number of anilines is 1. The van der Waals surface area contributed by atoms with E-state index in [-0.39, 0.29) is 0 Å². The molecular formula is C11H13BrClN5. The zero-order valence-electron chi connectivity index (χ0n) is 10.3. The van der Waals surface area contributed by atoms with Crippen LogP contribution in [0.5, 0.6) is 0 Å². The van der Waals surface area contributed by atoms with E-state index in [2.05, 4.69) is 36.3 Å². The first-order valence-electron chi connectivity index (χ1n) is 5.53. The highest BCUT2D eigenvalue weighted by Crippen LogP contribution is 2.25. The Balaban J connectivity index is 2.55. The smallest absolute Gasteiger partial charge is 0.224 e. The minimum absolute atomic E-state index is 0.467. The third-order valence-electron chi connectivity index (χ3n) is 2.46. The molecule has 0 radical (unpaired) electrons. The van der Waals surface area contributed by atoms with E-state index in [4.69, 9.17) is 11.6 Å². The minimum atomic E-state index is 0.467. The Morgan fingerprint density at radius 1 is 1.44 bits per heavy atom. The van der Waals surface area contributed by atoms with Crippen LogP contribution < -0.4 is 5.32 Å². The summed E-state index contributed by atoms with van der Waals surface area (Å²) in [6.07, 6.45) is 1.58. The Labute approximate surface area is 119 Å². The van der Waals surface area contributed by atoms with Gasteiger partial charge in [0, 0.05) is 6.54 Å². The zero-order valence-corrected chi connectivity index (χ0v) is 12.7. The van der Waals surface area contributed by atoms with Gasteiger partial charge in [-0.05, 0) is 36.7 Å². The van der Waals surface area contributed by atoms with E-state index >= 15 is 0 Å². The molecule has 2 rings (SSSR count). The average molecular weight is 331 g/mol. The van der Waals surface area contributed by atoms with Gasteiger partial charge in [-0.15, -0.1) is 0 Å². The molecule has 0 fully saturated rings. The molecule has 1 N–H and O–H groups in total. The molecule has 96 valence electrons. The van der Waals surface area contributed by atoms with Crippen LogP contribution in [0, 0.1) is 13.8 Å². The number of aromatic nitrogens is 4. The topological polar surface area (TPSA) is 55.6 Å². The highest BCUT2D eigenvalue weighted by atomic mass is 79.9. The Bertz CT molecular complexity index is 581. The molecule has 0 spiro atoms. The molecule has 0 aliphatic carbocycles. The lowest BCUT2D eigenvalue weighted by Crippen LogP contribution is -2.08. The molecule has 2 aromatic heterocycles. The normalized spacial score (nSPS) is 10.7. The first kappa shape index (κ1) is 13.3. The fourth-order valence-electron chi connectivity index (χ4n) is 1.58. The van der Waals surface area contributed by atoms with Crippen LogP contribution in [0.4, 0.5) is 5.95 Å². The number of hydrogen-bond donors (Lipinski definition) is 1. The lowest BCUT2D eigenvalue weighted by molar-refractivity contribution is 0.801. The molecular weight excluding hydrogens is 318 g/mol. The molecule has 0 aliphatic heterocycles. The standard InChI is InChI=1S/C11H13BrClN5/c1-4-14-11-15-5-8(13)10(16-11)18-7(3)9(12)6(2)17-18/h5H,4H2,1-3H3,(H,14,15,16). The first-order chi connectivity index (χ1) is 8.54. The van der Waals surface area contributed by atoms with Gasteiger partial charge in [0.05, 0.1) is 22.1 Å². The molecule has 0 unspecified atom stereocenters. The van der Waals surface area contributed by atoms with Crippen LogP contribution in [-0.4, -0.2) is 26.3 Å². The van der Waals surface area contributed by atoms with E-state index in [0.717, 1.165) is 22.4 Å². The van der Waals surface area contributed by atoms with Crippen molar-refractivity contribution < 1.29 is 0 Å². The molecule has 0 aliphatic rings. The summed E-state index contributed by atoms with van der Waals surface area (Å²) in [4.78, 5) is 8.48. The largest absolute Gasteiger partial charge is 0.354 e. The fourth-order valence-corrected chi connectivity index (χ4v) is 2.00. The highest BCUT2D eigenvalue weighted by molar-refractivity contribution is 9.10. The summed E-state index contributed by atoms with van der Waals surface area (Å²) in [5.74, 6) is 1.12. The summed E-state index contributed by atoms with van der Waals surface area (Å²) in [6.45, 7) is 6.61. The van der Waals surface area contributed by atoms with Crippen LogP contribution in [0.1, 0.15) is 18.3 Å². The molecule has 0 saturated carbocycles. The second kappa shape index (κ2) is 5.24. The van der Waals surface area contributed by atoms with Crippen molar-refractivity contribution in [3.05, 3.63) is 27.1 Å². The van der Waals surface area contributed by atoms with Crippen LogP contribution in [0.3, 0.4) is 0 Å². The maximum atomic E-state index is 6.14. The quantitative estimate of drug-likeness (QED) is 0.939. The molecule has 7 heteroatoms. The maximum Gasteiger partial charge on any atom is 0.224 e. The number of nitrogens with zero attached hydrogens (tertiary/aromatic N) is 4. The monoisotopic (exact) mass is 329 g/mol. The van der Waals surface area contributed by atoms with E-state index in [1.807, 2.05) is 20.8 Å². The van der Waals surface area contributed by atoms with Crippen molar-refractivity contribution in [3.8, 4) is 5.82 Å². The Hall–Kier alpha value is -1.14. The lowest BCUT2D eigenvalue weighted by Gasteiger charge is -2.08. The Morgan fingerprint density at radius 2 is 2.17 bits per heavy atom. The van der Waals surface area contributed by atoms with Crippen molar-refractivity contribution in [2.75, 3.05) is 11.9 Å². The summed E-state index contributed by atoms with van der Waals surface area (Å²) >= 11 is 9.62. The van der Waals surface area contributed by atoms with Gasteiger partial charge in [0.15, 0.2) is 5.82 Å². The summed E-state index contributed by atoms with van der Waals surface area (Å²) in [7, 11) is 0. The number of nitrogens with one attached hydrogen (secondary N) is 1. The predicted molar refractivity (Wildman–Crippen MR) is 75.5 cm³/mol. The van der Waals surface area contributed by atoms with Crippen molar-refractivity contribution in [2.45, 2.75) is 20.8 Å². The average Bonchev–Trinajstić information content (AvgIpc) is 2.60. The molecule has 0 atom stereocenters. The highest BCUT2D eigenvalue weighted by Gasteiger charge is 2.15. The van der Waals surface area contributed by atoms with Gasteiger partial charge in [0.25, 0.3) is 0 Å². The van der Waals surface area contributed by atoms with Gasteiger partial charge >= 0.3 is 0 Å². The van der Waals surface area contributed by atoms with Gasteiger partial charge in [0.2, 0.25) is 5.95 Å². The molecule has 0 amide bonds. The second-order valence-electron chi connectivity index (χ2n) is 3.79. The van der Waals surface area contributed by atoms with Crippen LogP contribution in [-0.2, 0) is 0 Å². The van der Waals surface area contributed by atoms with Gasteiger partial charge in [0.1, 0.15) is 5.02 Å². The SMILES string of the molecule is CCNc1ncc(Cl)c(-n2nc(C)c(Br)c2C)n1. The molecule has 0 aromatic carbocycles. The van der Waals surface area contributed by atoms with Crippen LogP contribution in [0.25, 0.3) is 5.82 Å². The number of hydrogen-bond acceptors (Lipinski definition) is 4. The van der Waals surface area contributed by atoms with E-state index < -0.39 is 0 Å². The Kier molecular flexibility index (Phi) is 3.87. The van der Waals surface area contributed by atoms with Crippen LogP contribution in [0.2, 0.25) is 5.02 Å². The van der Waals surface area contributed by atoms with Gasteiger partial charge in [-0.3, -0.25) is 0 Å². The molecule has 5 nitrogen and oxygen atoms in total. The summed E-state index contributed by atoms with van der Waals surface area (Å²) in [6, 6.07) is 0. The lowest BCUT2D eigenvalue weighted by atomic mass is 10.4. The van der Waals surface area contributed by atoms with Gasteiger partial charge in [-0.1, -0.05) is 11.6 Å². The van der Waals surface area contributed by atoms with Crippen molar-refractivity contribution >= 4 is 33.5 Å². The molecule has 0 bridgehead atoms. The van der Waals surface area contributed by atoms with Crippen molar-refractivity contribution in [3.63, 3.8) is 0 Å². The first-order valence-corrected chi connectivity index (χ1v) is 6.70. The predicted octanol–water partition coefficient (Wildman–Crippen LogP) is 3.13. The van der Waals surface area contributed by atoms with Gasteiger partial charge in [-0.2, -0.15) is 10.1 Å². The van der Waals surface area contributed by atoms with E-state index in [9.17, 15) is 0 Å². The van der Waals surface area contributed by atoms with Gasteiger partial charge in [-0.25, -0.2) is 9.67 Å². The number of rotatable bonds is 3. The molecule has 0 saturated heterocycles. The van der Waals surface area contributed by atoms with Gasteiger partial charge < -0.3 is 5.32 Å². The maximum absolute atomic E-state index is 6.14. The number of aryl methyl sites for hydroxylation is 1. The minimum Gasteiger partial charge on any atom is -0.354 e.